The van der Waals surface area contributed by atoms with Crippen molar-refractivity contribution in [1.82, 2.24) is 0 Å². The lowest BCUT2D eigenvalue weighted by Gasteiger charge is -2.18. The maximum Gasteiger partial charge on any atom is 0.248 e. The van der Waals surface area contributed by atoms with E-state index in [1.807, 2.05) is 60.7 Å². The average Bonchev–Trinajstić information content (AvgIpc) is 2.67. The van der Waals surface area contributed by atoms with Gasteiger partial charge in [0, 0.05) is 23.6 Å². The number of benzene rings is 3. The summed E-state index contributed by atoms with van der Waals surface area (Å²) in [6.07, 6.45) is 0.300. The number of amides is 2. The summed E-state index contributed by atoms with van der Waals surface area (Å²) in [5.41, 5.74) is 8.39. The van der Waals surface area contributed by atoms with Crippen LogP contribution in [0.5, 0.6) is 0 Å². The minimum absolute atomic E-state index is 0.0447. The van der Waals surface area contributed by atoms with Crippen LogP contribution in [0.4, 0.5) is 5.69 Å². The number of carbonyl (C=O) groups is 2. The van der Waals surface area contributed by atoms with Crippen molar-refractivity contribution in [2.75, 3.05) is 5.32 Å². The molecule has 3 aromatic rings. The summed E-state index contributed by atoms with van der Waals surface area (Å²) < 4.78 is 0. The van der Waals surface area contributed by atoms with Gasteiger partial charge in [0.2, 0.25) is 11.8 Å². The van der Waals surface area contributed by atoms with Crippen LogP contribution in [0.25, 0.3) is 0 Å². The van der Waals surface area contributed by atoms with Crippen LogP contribution in [-0.4, -0.2) is 11.8 Å². The standard InChI is InChI=1S/C22H20N2O2/c23-22(26)18-12-7-13-19(14-18)24-21(25)15-20(16-8-3-1-4-9-16)17-10-5-2-6-11-17/h1-14,20H,15H2,(H2,23,26)(H,24,25). The van der Waals surface area contributed by atoms with Crippen LogP contribution in [0.15, 0.2) is 84.9 Å². The number of carbonyl (C=O) groups excluding carboxylic acids is 2. The number of nitrogens with two attached hydrogens (primary N) is 1. The summed E-state index contributed by atoms with van der Waals surface area (Å²) in [7, 11) is 0. The Morgan fingerprint density at radius 1 is 0.808 bits per heavy atom. The Kier molecular flexibility index (Phi) is 5.44. The molecule has 0 atom stereocenters. The Morgan fingerprint density at radius 2 is 1.38 bits per heavy atom. The average molecular weight is 344 g/mol. The quantitative estimate of drug-likeness (QED) is 0.711. The molecule has 0 aliphatic rings. The molecule has 0 radical (unpaired) electrons. The Bertz CT molecular complexity index is 853. The molecular weight excluding hydrogens is 324 g/mol. The minimum Gasteiger partial charge on any atom is -0.366 e. The summed E-state index contributed by atoms with van der Waals surface area (Å²) in [4.78, 5) is 23.9. The Labute approximate surface area is 152 Å². The number of rotatable bonds is 6. The van der Waals surface area contributed by atoms with Gasteiger partial charge in [-0.1, -0.05) is 66.7 Å². The lowest BCUT2D eigenvalue weighted by molar-refractivity contribution is -0.116. The minimum atomic E-state index is -0.521. The van der Waals surface area contributed by atoms with Gasteiger partial charge in [-0.2, -0.15) is 0 Å². The van der Waals surface area contributed by atoms with Gasteiger partial charge in [0.1, 0.15) is 0 Å². The van der Waals surface area contributed by atoms with E-state index >= 15 is 0 Å². The van der Waals surface area contributed by atoms with Crippen LogP contribution in [0.3, 0.4) is 0 Å². The van der Waals surface area contributed by atoms with Gasteiger partial charge in [0.05, 0.1) is 0 Å². The molecule has 0 saturated carbocycles. The second kappa shape index (κ2) is 8.12. The summed E-state index contributed by atoms with van der Waals surface area (Å²) in [6.45, 7) is 0. The van der Waals surface area contributed by atoms with E-state index < -0.39 is 5.91 Å². The van der Waals surface area contributed by atoms with E-state index in [0.29, 0.717) is 17.7 Å². The fraction of sp³-hybridized carbons (Fsp3) is 0.0909. The van der Waals surface area contributed by atoms with Crippen molar-refractivity contribution in [3.63, 3.8) is 0 Å². The highest BCUT2D eigenvalue weighted by atomic mass is 16.2. The summed E-state index contributed by atoms with van der Waals surface area (Å²) >= 11 is 0. The molecule has 2 amide bonds. The third-order valence-electron chi connectivity index (χ3n) is 4.22. The maximum absolute atomic E-state index is 12.6. The van der Waals surface area contributed by atoms with Crippen LogP contribution >= 0.6 is 0 Å². The van der Waals surface area contributed by atoms with Gasteiger partial charge in [-0.3, -0.25) is 9.59 Å². The Morgan fingerprint density at radius 3 is 1.92 bits per heavy atom. The van der Waals surface area contributed by atoms with Crippen molar-refractivity contribution in [3.05, 3.63) is 102 Å². The highest BCUT2D eigenvalue weighted by Gasteiger charge is 2.18. The van der Waals surface area contributed by atoms with Crippen molar-refractivity contribution >= 4 is 17.5 Å². The smallest absolute Gasteiger partial charge is 0.248 e. The number of hydrogen-bond acceptors (Lipinski definition) is 2. The van der Waals surface area contributed by atoms with Crippen LogP contribution in [0, 0.1) is 0 Å². The number of anilines is 1. The topological polar surface area (TPSA) is 72.2 Å². The normalized spacial score (nSPS) is 10.5. The molecule has 0 spiro atoms. The fourth-order valence-corrected chi connectivity index (χ4v) is 2.95. The molecule has 0 heterocycles. The first-order valence-electron chi connectivity index (χ1n) is 8.43. The lowest BCUT2D eigenvalue weighted by atomic mass is 9.88. The molecule has 4 heteroatoms. The van der Waals surface area contributed by atoms with Crippen molar-refractivity contribution in [2.45, 2.75) is 12.3 Å². The zero-order chi connectivity index (χ0) is 18.4. The monoisotopic (exact) mass is 344 g/mol. The van der Waals surface area contributed by atoms with Gasteiger partial charge < -0.3 is 11.1 Å². The van der Waals surface area contributed by atoms with Crippen molar-refractivity contribution in [2.24, 2.45) is 5.73 Å². The molecule has 3 N–H and O–H groups in total. The lowest BCUT2D eigenvalue weighted by Crippen LogP contribution is -2.17. The predicted molar refractivity (Wildman–Crippen MR) is 103 cm³/mol. The molecule has 0 aliphatic heterocycles. The first kappa shape index (κ1) is 17.4. The van der Waals surface area contributed by atoms with E-state index in [-0.39, 0.29) is 11.8 Å². The highest BCUT2D eigenvalue weighted by Crippen LogP contribution is 2.28. The van der Waals surface area contributed by atoms with E-state index in [4.69, 9.17) is 5.73 Å². The molecule has 0 unspecified atom stereocenters. The van der Waals surface area contributed by atoms with E-state index in [1.165, 1.54) is 0 Å². The summed E-state index contributed by atoms with van der Waals surface area (Å²) in [6, 6.07) is 26.6. The molecule has 3 aromatic carbocycles. The molecule has 0 fully saturated rings. The SMILES string of the molecule is NC(=O)c1cccc(NC(=O)CC(c2ccccc2)c2ccccc2)c1. The second-order valence-corrected chi connectivity index (χ2v) is 6.07. The second-order valence-electron chi connectivity index (χ2n) is 6.07. The van der Waals surface area contributed by atoms with E-state index in [9.17, 15) is 9.59 Å². The maximum atomic E-state index is 12.6. The summed E-state index contributed by atoms with van der Waals surface area (Å²) in [5.74, 6) is -0.686. The van der Waals surface area contributed by atoms with Gasteiger partial charge in [0.15, 0.2) is 0 Å². The van der Waals surface area contributed by atoms with Crippen molar-refractivity contribution in [3.8, 4) is 0 Å². The highest BCUT2D eigenvalue weighted by molar-refractivity contribution is 5.96. The van der Waals surface area contributed by atoms with Gasteiger partial charge in [-0.05, 0) is 29.3 Å². The molecule has 0 aromatic heterocycles. The molecular formula is C22H20N2O2. The fourth-order valence-electron chi connectivity index (χ4n) is 2.95. The van der Waals surface area contributed by atoms with Crippen molar-refractivity contribution in [1.29, 1.82) is 0 Å². The van der Waals surface area contributed by atoms with Crippen LogP contribution in [0.1, 0.15) is 33.8 Å². The molecule has 4 nitrogen and oxygen atoms in total. The van der Waals surface area contributed by atoms with Gasteiger partial charge in [-0.25, -0.2) is 0 Å². The molecule has 3 rings (SSSR count). The third-order valence-corrected chi connectivity index (χ3v) is 4.22. The van der Waals surface area contributed by atoms with Crippen LogP contribution < -0.4 is 11.1 Å². The first-order chi connectivity index (χ1) is 12.6. The molecule has 0 bridgehead atoms. The first-order valence-corrected chi connectivity index (χ1v) is 8.43. The molecule has 26 heavy (non-hydrogen) atoms. The third kappa shape index (κ3) is 4.36. The van der Waals surface area contributed by atoms with Crippen molar-refractivity contribution < 1.29 is 9.59 Å². The Hall–Kier alpha value is -3.40. The zero-order valence-electron chi connectivity index (χ0n) is 14.3. The predicted octanol–water partition coefficient (Wildman–Crippen LogP) is 3.95. The number of nitrogens with one attached hydrogen (secondary N) is 1. The van der Waals surface area contributed by atoms with E-state index in [0.717, 1.165) is 11.1 Å². The van der Waals surface area contributed by atoms with Crippen LogP contribution in [-0.2, 0) is 4.79 Å². The Balaban J connectivity index is 1.80. The molecule has 0 aliphatic carbocycles. The van der Waals surface area contributed by atoms with E-state index in [1.54, 1.807) is 24.3 Å². The van der Waals surface area contributed by atoms with Crippen LogP contribution in [0.2, 0.25) is 0 Å². The summed E-state index contributed by atoms with van der Waals surface area (Å²) in [5, 5.41) is 2.86. The number of primary amides is 1. The zero-order valence-corrected chi connectivity index (χ0v) is 14.3. The molecule has 130 valence electrons. The van der Waals surface area contributed by atoms with Gasteiger partial charge in [0.25, 0.3) is 0 Å². The largest absolute Gasteiger partial charge is 0.366 e. The van der Waals surface area contributed by atoms with Gasteiger partial charge in [-0.15, -0.1) is 0 Å². The molecule has 0 saturated heterocycles. The van der Waals surface area contributed by atoms with Gasteiger partial charge >= 0.3 is 0 Å². The number of hydrogen-bond donors (Lipinski definition) is 2. The van der Waals surface area contributed by atoms with E-state index in [2.05, 4.69) is 5.32 Å².